The Morgan fingerprint density at radius 1 is 0.837 bits per heavy atom. The number of imidazole rings is 2. The van der Waals surface area contributed by atoms with Gasteiger partial charge in [0.1, 0.15) is 22.9 Å². The zero-order valence-electron chi connectivity index (χ0n) is 29.4. The van der Waals surface area contributed by atoms with Gasteiger partial charge in [-0.15, -0.1) is 0 Å². The number of amides is 2. The maximum Gasteiger partial charge on any atom is 0.410 e. The van der Waals surface area contributed by atoms with Crippen molar-refractivity contribution in [1.82, 2.24) is 29.7 Å². The fraction of sp³-hybridized carbons (Fsp3) is 0.487. The summed E-state index contributed by atoms with van der Waals surface area (Å²) in [6.07, 6.45) is 7.35. The van der Waals surface area contributed by atoms with Crippen LogP contribution < -0.4 is 0 Å². The molecule has 2 aromatic heterocycles. The molecule has 3 fully saturated rings. The molecule has 0 unspecified atom stereocenters. The van der Waals surface area contributed by atoms with E-state index in [-0.39, 0.29) is 29.7 Å². The molecule has 1 aliphatic carbocycles. The SMILES string of the molecule is CC(C)(C)OC(=O)N1CCCC[C@H]1c1nc(-c2ccc(C#Cc3ccc4[nH]c([C@@H]5CC6(CC6)CN5C(=O)OC(C)(C)C)nc4c3)cc2)c[nH]1. The third kappa shape index (κ3) is 7.31. The zero-order chi connectivity index (χ0) is 34.6. The summed E-state index contributed by atoms with van der Waals surface area (Å²) < 4.78 is 11.4. The van der Waals surface area contributed by atoms with Crippen LogP contribution in [0.25, 0.3) is 22.3 Å². The lowest BCUT2D eigenvalue weighted by Crippen LogP contribution is -2.42. The molecule has 7 rings (SSSR count). The lowest BCUT2D eigenvalue weighted by atomic mass is 10.0. The van der Waals surface area contributed by atoms with Crippen molar-refractivity contribution in [3.8, 4) is 23.1 Å². The van der Waals surface area contributed by atoms with Gasteiger partial charge in [0, 0.05) is 36.0 Å². The number of piperidine rings is 1. The van der Waals surface area contributed by atoms with Crippen LogP contribution in [0.1, 0.15) is 115 Å². The Bertz CT molecular complexity index is 1930. The van der Waals surface area contributed by atoms with Crippen molar-refractivity contribution in [2.24, 2.45) is 5.41 Å². The van der Waals surface area contributed by atoms with Gasteiger partial charge in [0.2, 0.25) is 0 Å². The van der Waals surface area contributed by atoms with Gasteiger partial charge < -0.3 is 19.4 Å². The van der Waals surface area contributed by atoms with Gasteiger partial charge in [0.25, 0.3) is 0 Å². The van der Waals surface area contributed by atoms with Crippen molar-refractivity contribution in [1.29, 1.82) is 0 Å². The molecule has 4 heterocycles. The van der Waals surface area contributed by atoms with Gasteiger partial charge in [0.15, 0.2) is 0 Å². The van der Waals surface area contributed by atoms with E-state index in [2.05, 4.69) is 21.8 Å². The number of carbonyl (C=O) groups is 2. The number of hydrogen-bond donors (Lipinski definition) is 2. The van der Waals surface area contributed by atoms with Crippen molar-refractivity contribution in [2.75, 3.05) is 13.1 Å². The molecule has 4 aromatic rings. The van der Waals surface area contributed by atoms with Crippen LogP contribution in [0.5, 0.6) is 0 Å². The Morgan fingerprint density at radius 2 is 1.51 bits per heavy atom. The smallest absolute Gasteiger partial charge is 0.410 e. The van der Waals surface area contributed by atoms with E-state index in [4.69, 9.17) is 19.4 Å². The number of H-pyrrole nitrogens is 2. The number of aromatic amines is 2. The first-order valence-electron chi connectivity index (χ1n) is 17.4. The average molecular weight is 663 g/mol. The number of carbonyl (C=O) groups excluding carboxylic acids is 2. The van der Waals surface area contributed by atoms with E-state index in [1.165, 1.54) is 0 Å². The summed E-state index contributed by atoms with van der Waals surface area (Å²) >= 11 is 0. The minimum Gasteiger partial charge on any atom is -0.444 e. The normalized spacial score (nSPS) is 20.3. The topological polar surface area (TPSA) is 116 Å². The van der Waals surface area contributed by atoms with Crippen LogP contribution in [-0.4, -0.2) is 66.2 Å². The largest absolute Gasteiger partial charge is 0.444 e. The summed E-state index contributed by atoms with van der Waals surface area (Å²) in [4.78, 5) is 46.3. The first-order chi connectivity index (χ1) is 23.2. The second-order valence-electron chi connectivity index (χ2n) is 15.9. The molecule has 0 bridgehead atoms. The highest BCUT2D eigenvalue weighted by molar-refractivity contribution is 5.78. The van der Waals surface area contributed by atoms with Gasteiger partial charge in [-0.25, -0.2) is 19.6 Å². The Labute approximate surface area is 288 Å². The van der Waals surface area contributed by atoms with E-state index in [1.54, 1.807) is 4.90 Å². The van der Waals surface area contributed by atoms with Gasteiger partial charge in [-0.2, -0.15) is 0 Å². The molecule has 2 saturated heterocycles. The number of aromatic nitrogens is 4. The van der Waals surface area contributed by atoms with Crippen LogP contribution in [0.3, 0.4) is 0 Å². The molecule has 1 saturated carbocycles. The summed E-state index contributed by atoms with van der Waals surface area (Å²) in [5.74, 6) is 8.14. The Morgan fingerprint density at radius 3 is 2.20 bits per heavy atom. The summed E-state index contributed by atoms with van der Waals surface area (Å²) in [5, 5.41) is 0. The van der Waals surface area contributed by atoms with Crippen LogP contribution in [-0.2, 0) is 9.47 Å². The maximum atomic E-state index is 13.1. The van der Waals surface area contributed by atoms with Gasteiger partial charge in [-0.1, -0.05) is 24.0 Å². The summed E-state index contributed by atoms with van der Waals surface area (Å²) in [5.41, 5.74) is 4.40. The van der Waals surface area contributed by atoms with Crippen molar-refractivity contribution < 1.29 is 19.1 Å². The molecule has 2 atom stereocenters. The molecule has 49 heavy (non-hydrogen) atoms. The fourth-order valence-electron chi connectivity index (χ4n) is 6.89. The first kappa shape index (κ1) is 32.8. The van der Waals surface area contributed by atoms with Crippen molar-refractivity contribution in [3.05, 3.63) is 71.4 Å². The van der Waals surface area contributed by atoms with Gasteiger partial charge in [-0.3, -0.25) is 9.80 Å². The van der Waals surface area contributed by atoms with Crippen molar-refractivity contribution >= 4 is 23.2 Å². The number of benzene rings is 2. The lowest BCUT2D eigenvalue weighted by molar-refractivity contribution is 0.00846. The minimum absolute atomic E-state index is 0.130. The third-order valence-corrected chi connectivity index (χ3v) is 9.49. The second-order valence-corrected chi connectivity index (χ2v) is 15.9. The number of nitrogens with zero attached hydrogens (tertiary/aromatic N) is 4. The molecule has 10 heteroatoms. The molecule has 10 nitrogen and oxygen atoms in total. The number of likely N-dealkylation sites (tertiary alicyclic amines) is 2. The number of fused-ring (bicyclic) bond motifs is 1. The maximum absolute atomic E-state index is 13.1. The molecular weight excluding hydrogens is 616 g/mol. The number of rotatable bonds is 3. The highest BCUT2D eigenvalue weighted by Gasteiger charge is 2.55. The van der Waals surface area contributed by atoms with E-state index in [1.807, 2.05) is 95.1 Å². The van der Waals surface area contributed by atoms with Crippen LogP contribution in [0.15, 0.2) is 48.7 Å². The summed E-state index contributed by atoms with van der Waals surface area (Å²) in [7, 11) is 0. The molecule has 3 aliphatic rings. The Balaban J connectivity index is 1.04. The number of ether oxygens (including phenoxy) is 2. The Hall–Kier alpha value is -4.78. The molecule has 2 aromatic carbocycles. The Kier molecular flexibility index (Phi) is 8.21. The predicted molar refractivity (Wildman–Crippen MR) is 188 cm³/mol. The predicted octanol–water partition coefficient (Wildman–Crippen LogP) is 8.28. The average Bonchev–Trinajstić information content (AvgIpc) is 3.37. The highest BCUT2D eigenvalue weighted by atomic mass is 16.6. The molecule has 0 radical (unpaired) electrons. The second kappa shape index (κ2) is 12.3. The lowest BCUT2D eigenvalue weighted by Gasteiger charge is -2.35. The highest BCUT2D eigenvalue weighted by Crippen LogP contribution is 2.58. The summed E-state index contributed by atoms with van der Waals surface area (Å²) in [6.45, 7) is 12.7. The molecule has 2 amide bonds. The first-order valence-corrected chi connectivity index (χ1v) is 17.4. The van der Waals surface area contributed by atoms with Gasteiger partial charge in [-0.05, 0) is 116 Å². The van der Waals surface area contributed by atoms with Gasteiger partial charge >= 0.3 is 12.2 Å². The zero-order valence-corrected chi connectivity index (χ0v) is 29.4. The quantitative estimate of drug-likeness (QED) is 0.213. The van der Waals surface area contributed by atoms with E-state index >= 15 is 0 Å². The monoisotopic (exact) mass is 662 g/mol. The molecule has 1 spiro atoms. The van der Waals surface area contributed by atoms with Crippen molar-refractivity contribution in [2.45, 2.75) is 103 Å². The van der Waals surface area contributed by atoms with E-state index in [9.17, 15) is 9.59 Å². The van der Waals surface area contributed by atoms with Crippen LogP contribution in [0.2, 0.25) is 0 Å². The standard InChI is InChI=1S/C39H46N6O4/c1-37(2,3)48-35(46)44-20-8-7-9-31(44)33-40-23-30(43-33)27-15-12-25(13-16-27)10-11-26-14-17-28-29(21-26)42-34(41-28)32-22-39(18-19-39)24-45(32)36(47)49-38(4,5)6/h12-17,21,23,31-32H,7-9,18-20,22,24H2,1-6H3,(H,40,43)(H,41,42)/t31-,32-/m0/s1. The number of hydrogen-bond acceptors (Lipinski definition) is 6. The van der Waals surface area contributed by atoms with E-state index in [0.717, 1.165) is 83.6 Å². The van der Waals surface area contributed by atoms with Crippen LogP contribution >= 0.6 is 0 Å². The molecule has 2 N–H and O–H groups in total. The van der Waals surface area contributed by atoms with E-state index in [0.29, 0.717) is 13.1 Å². The number of nitrogens with one attached hydrogen (secondary N) is 2. The molecular formula is C39H46N6O4. The van der Waals surface area contributed by atoms with E-state index < -0.39 is 11.2 Å². The van der Waals surface area contributed by atoms with Crippen LogP contribution in [0, 0.1) is 17.3 Å². The molecule has 2 aliphatic heterocycles. The van der Waals surface area contributed by atoms with Gasteiger partial charge in [0.05, 0.1) is 28.8 Å². The van der Waals surface area contributed by atoms with Crippen molar-refractivity contribution in [3.63, 3.8) is 0 Å². The fourth-order valence-corrected chi connectivity index (χ4v) is 6.89. The minimum atomic E-state index is -0.549. The van der Waals surface area contributed by atoms with Crippen LogP contribution in [0.4, 0.5) is 9.59 Å². The summed E-state index contributed by atoms with van der Waals surface area (Å²) in [6, 6.07) is 13.7. The molecule has 256 valence electrons. The third-order valence-electron chi connectivity index (χ3n) is 9.49.